The first-order chi connectivity index (χ1) is 11.5. The second-order valence-corrected chi connectivity index (χ2v) is 7.65. The summed E-state index contributed by atoms with van der Waals surface area (Å²) in [6, 6.07) is 0. The van der Waals surface area contributed by atoms with Crippen molar-refractivity contribution in [1.29, 1.82) is 0 Å². The van der Waals surface area contributed by atoms with Crippen molar-refractivity contribution in [2.45, 2.75) is 38.5 Å². The number of aliphatic hydroxyl groups excluding tert-OH is 1. The number of amides is 2. The third-order valence-corrected chi connectivity index (χ3v) is 5.10. The number of likely N-dealkylation sites (tertiary alicyclic amines) is 2. The largest absolute Gasteiger partial charge is 0.396 e. The van der Waals surface area contributed by atoms with Gasteiger partial charge in [-0.05, 0) is 51.6 Å². The van der Waals surface area contributed by atoms with E-state index in [2.05, 4.69) is 4.90 Å². The lowest BCUT2D eigenvalue weighted by molar-refractivity contribution is -0.136. The molecule has 0 aromatic rings. The summed E-state index contributed by atoms with van der Waals surface area (Å²) < 4.78 is 0. The molecule has 138 valence electrons. The minimum Gasteiger partial charge on any atom is -0.396 e. The van der Waals surface area contributed by atoms with E-state index in [1.165, 1.54) is 0 Å². The lowest BCUT2D eigenvalue weighted by atomic mass is 9.89. The van der Waals surface area contributed by atoms with Crippen LogP contribution in [0.15, 0.2) is 0 Å². The molecule has 0 unspecified atom stereocenters. The molecule has 2 aliphatic rings. The van der Waals surface area contributed by atoms with E-state index in [-0.39, 0.29) is 24.3 Å². The van der Waals surface area contributed by atoms with Gasteiger partial charge in [0.2, 0.25) is 11.8 Å². The van der Waals surface area contributed by atoms with E-state index in [0.29, 0.717) is 31.8 Å². The summed E-state index contributed by atoms with van der Waals surface area (Å²) in [4.78, 5) is 30.3. The Morgan fingerprint density at radius 3 is 2.67 bits per heavy atom. The van der Waals surface area contributed by atoms with Crippen LogP contribution in [0.3, 0.4) is 0 Å². The molecule has 0 aromatic heterocycles. The van der Waals surface area contributed by atoms with Gasteiger partial charge in [-0.25, -0.2) is 0 Å². The van der Waals surface area contributed by atoms with Gasteiger partial charge in [0, 0.05) is 52.2 Å². The first kappa shape index (κ1) is 19.2. The second kappa shape index (κ2) is 9.37. The topological polar surface area (TPSA) is 64.1 Å². The number of carbonyl (C=O) groups is 2. The van der Waals surface area contributed by atoms with Crippen LogP contribution >= 0.6 is 0 Å². The van der Waals surface area contributed by atoms with Gasteiger partial charge < -0.3 is 19.8 Å². The van der Waals surface area contributed by atoms with E-state index in [4.69, 9.17) is 0 Å². The Balaban J connectivity index is 1.78. The molecule has 0 spiro atoms. The fourth-order valence-corrected chi connectivity index (χ4v) is 3.98. The van der Waals surface area contributed by atoms with E-state index in [0.717, 1.165) is 45.3 Å². The molecule has 24 heavy (non-hydrogen) atoms. The molecule has 2 amide bonds. The third-order valence-electron chi connectivity index (χ3n) is 5.10. The Morgan fingerprint density at radius 1 is 1.25 bits per heavy atom. The molecule has 0 aliphatic carbocycles. The lowest BCUT2D eigenvalue weighted by Gasteiger charge is -2.38. The van der Waals surface area contributed by atoms with Gasteiger partial charge in [0.05, 0.1) is 0 Å². The summed E-state index contributed by atoms with van der Waals surface area (Å²) in [5, 5.41) is 9.52. The first-order valence-electron chi connectivity index (χ1n) is 9.30. The SMILES string of the molecule is CN(C)C[C@H]1C[C@@H](CO)CN(C(=O)CCCN2CCCCC2=O)C1. The molecule has 0 aromatic carbocycles. The highest BCUT2D eigenvalue weighted by Crippen LogP contribution is 2.23. The average molecular weight is 339 g/mol. The number of hydrogen-bond donors (Lipinski definition) is 1. The molecule has 2 aliphatic heterocycles. The normalized spacial score (nSPS) is 25.4. The van der Waals surface area contributed by atoms with Crippen LogP contribution in [-0.2, 0) is 9.59 Å². The highest BCUT2D eigenvalue weighted by Gasteiger charge is 2.29. The van der Waals surface area contributed by atoms with E-state index in [1.807, 2.05) is 23.9 Å². The number of hydrogen-bond acceptors (Lipinski definition) is 4. The van der Waals surface area contributed by atoms with Gasteiger partial charge >= 0.3 is 0 Å². The minimum absolute atomic E-state index is 0.149. The van der Waals surface area contributed by atoms with Gasteiger partial charge in [0.1, 0.15) is 0 Å². The molecular weight excluding hydrogens is 306 g/mol. The fourth-order valence-electron chi connectivity index (χ4n) is 3.98. The van der Waals surface area contributed by atoms with Crippen molar-refractivity contribution in [3.8, 4) is 0 Å². The van der Waals surface area contributed by atoms with Crippen LogP contribution in [0.2, 0.25) is 0 Å². The highest BCUT2D eigenvalue weighted by molar-refractivity contribution is 5.77. The molecule has 0 bridgehead atoms. The van der Waals surface area contributed by atoms with Crippen molar-refractivity contribution < 1.29 is 14.7 Å². The number of piperidine rings is 2. The zero-order valence-corrected chi connectivity index (χ0v) is 15.2. The summed E-state index contributed by atoms with van der Waals surface area (Å²) in [5.41, 5.74) is 0. The maximum atomic E-state index is 12.5. The van der Waals surface area contributed by atoms with Gasteiger partial charge in [-0.1, -0.05) is 0 Å². The number of rotatable bonds is 7. The lowest BCUT2D eigenvalue weighted by Crippen LogP contribution is -2.47. The van der Waals surface area contributed by atoms with Crippen molar-refractivity contribution in [2.24, 2.45) is 11.8 Å². The predicted octanol–water partition coefficient (Wildman–Crippen LogP) is 0.798. The van der Waals surface area contributed by atoms with E-state index in [1.54, 1.807) is 0 Å². The quantitative estimate of drug-likeness (QED) is 0.745. The van der Waals surface area contributed by atoms with Gasteiger partial charge in [0.25, 0.3) is 0 Å². The van der Waals surface area contributed by atoms with Crippen LogP contribution in [-0.4, -0.2) is 85.0 Å². The summed E-state index contributed by atoms with van der Waals surface area (Å²) in [6.07, 6.45) is 4.96. The maximum absolute atomic E-state index is 12.5. The Bertz CT molecular complexity index is 428. The Hall–Kier alpha value is -1.14. The van der Waals surface area contributed by atoms with E-state index in [9.17, 15) is 14.7 Å². The third kappa shape index (κ3) is 5.74. The van der Waals surface area contributed by atoms with E-state index >= 15 is 0 Å². The minimum atomic E-state index is 0.149. The summed E-state index contributed by atoms with van der Waals surface area (Å²) in [6.45, 7) is 4.09. The van der Waals surface area contributed by atoms with Crippen molar-refractivity contribution in [2.75, 3.05) is 53.4 Å². The summed E-state index contributed by atoms with van der Waals surface area (Å²) in [5.74, 6) is 1.02. The monoisotopic (exact) mass is 339 g/mol. The van der Waals surface area contributed by atoms with Crippen molar-refractivity contribution in [3.63, 3.8) is 0 Å². The Kier molecular flexibility index (Phi) is 7.49. The van der Waals surface area contributed by atoms with Crippen molar-refractivity contribution >= 4 is 11.8 Å². The van der Waals surface area contributed by atoms with Crippen LogP contribution < -0.4 is 0 Å². The first-order valence-corrected chi connectivity index (χ1v) is 9.30. The Morgan fingerprint density at radius 2 is 2.00 bits per heavy atom. The standard InChI is InChI=1S/C18H33N3O3/c1-19(2)11-15-10-16(14-22)13-21(12-15)18(24)7-5-9-20-8-4-3-6-17(20)23/h15-16,22H,3-14H2,1-2H3/t15-,16-/m1/s1. The smallest absolute Gasteiger partial charge is 0.222 e. The van der Waals surface area contributed by atoms with Gasteiger partial charge in [-0.2, -0.15) is 0 Å². The molecule has 2 heterocycles. The fraction of sp³-hybridized carbons (Fsp3) is 0.889. The van der Waals surface area contributed by atoms with Crippen LogP contribution in [0, 0.1) is 11.8 Å². The molecular formula is C18H33N3O3. The Labute approximate surface area is 145 Å². The zero-order valence-electron chi connectivity index (χ0n) is 15.2. The molecule has 0 radical (unpaired) electrons. The van der Waals surface area contributed by atoms with Crippen LogP contribution in [0.25, 0.3) is 0 Å². The molecule has 2 fully saturated rings. The molecule has 2 atom stereocenters. The van der Waals surface area contributed by atoms with Gasteiger partial charge in [-0.15, -0.1) is 0 Å². The second-order valence-electron chi connectivity index (χ2n) is 7.65. The summed E-state index contributed by atoms with van der Waals surface area (Å²) >= 11 is 0. The predicted molar refractivity (Wildman–Crippen MR) is 93.5 cm³/mol. The van der Waals surface area contributed by atoms with Crippen molar-refractivity contribution in [3.05, 3.63) is 0 Å². The van der Waals surface area contributed by atoms with Crippen LogP contribution in [0.5, 0.6) is 0 Å². The van der Waals surface area contributed by atoms with E-state index < -0.39 is 0 Å². The average Bonchev–Trinajstić information content (AvgIpc) is 2.55. The van der Waals surface area contributed by atoms with Gasteiger partial charge in [0.15, 0.2) is 0 Å². The number of carbonyl (C=O) groups excluding carboxylic acids is 2. The molecule has 0 saturated carbocycles. The molecule has 6 nitrogen and oxygen atoms in total. The zero-order chi connectivity index (χ0) is 17.5. The molecule has 1 N–H and O–H groups in total. The maximum Gasteiger partial charge on any atom is 0.222 e. The molecule has 2 rings (SSSR count). The van der Waals surface area contributed by atoms with Gasteiger partial charge in [-0.3, -0.25) is 9.59 Å². The molecule has 2 saturated heterocycles. The van der Waals surface area contributed by atoms with Crippen LogP contribution in [0.1, 0.15) is 38.5 Å². The van der Waals surface area contributed by atoms with Crippen molar-refractivity contribution in [1.82, 2.24) is 14.7 Å². The molecule has 6 heteroatoms. The highest BCUT2D eigenvalue weighted by atomic mass is 16.3. The number of aliphatic hydroxyl groups is 1. The number of nitrogens with zero attached hydrogens (tertiary/aromatic N) is 3. The summed E-state index contributed by atoms with van der Waals surface area (Å²) in [7, 11) is 4.09. The van der Waals surface area contributed by atoms with Crippen LogP contribution in [0.4, 0.5) is 0 Å².